The molecule has 0 aliphatic carbocycles. The smallest absolute Gasteiger partial charge is 0.133 e. The van der Waals surface area contributed by atoms with Crippen LogP contribution < -0.4 is 10.6 Å². The first-order valence-electron chi connectivity index (χ1n) is 12.4. The van der Waals surface area contributed by atoms with E-state index < -0.39 is 0 Å². The first-order valence-corrected chi connectivity index (χ1v) is 12.4. The van der Waals surface area contributed by atoms with E-state index in [0.29, 0.717) is 12.6 Å². The molecule has 180 valence electrons. The minimum Gasteiger partial charge on any atom is -0.372 e. The lowest BCUT2D eigenvalue weighted by Crippen LogP contribution is -2.40. The number of nitrogens with zero attached hydrogens (tertiary/aromatic N) is 4. The molecule has 4 rings (SSSR count). The highest BCUT2D eigenvalue weighted by molar-refractivity contribution is 5.83. The van der Waals surface area contributed by atoms with E-state index in [2.05, 4.69) is 101 Å². The number of aryl methyl sites for hydroxylation is 1. The minimum absolute atomic E-state index is 0.0469. The third kappa shape index (κ3) is 5.97. The van der Waals surface area contributed by atoms with Gasteiger partial charge in [0, 0.05) is 35.4 Å². The van der Waals surface area contributed by atoms with Crippen molar-refractivity contribution in [2.45, 2.75) is 65.1 Å². The molecule has 3 heterocycles. The topological polar surface area (TPSA) is 58.0 Å². The number of nitrogens with one attached hydrogen (secondary N) is 2. The lowest BCUT2D eigenvalue weighted by molar-refractivity contribution is 0.234. The van der Waals surface area contributed by atoms with Crippen molar-refractivity contribution in [2.24, 2.45) is 0 Å². The van der Waals surface area contributed by atoms with Crippen LogP contribution in [-0.4, -0.2) is 52.2 Å². The molecule has 34 heavy (non-hydrogen) atoms. The zero-order chi connectivity index (χ0) is 24.1. The lowest BCUT2D eigenvalue weighted by atomic mass is 9.96. The Morgan fingerprint density at radius 2 is 1.82 bits per heavy atom. The number of aromatic nitrogens is 3. The standard InChI is InChI=1S/C28H38N6/c1-6-34-25(8-7-13-29-24-19-31-27(32-20-24)28(2,3)4)17-22-16-21(9-10-26(22)34)18-30-23-11-14-33(5)15-12-23/h9-10,16-17,19-20,23,29-30H,6,11-15,18H2,1-5H3. The molecule has 0 radical (unpaired) electrons. The molecule has 3 aromatic rings. The minimum atomic E-state index is -0.0469. The van der Waals surface area contributed by atoms with Gasteiger partial charge in [-0.15, -0.1) is 0 Å². The molecule has 0 spiro atoms. The van der Waals surface area contributed by atoms with Crippen molar-refractivity contribution in [3.05, 3.63) is 53.7 Å². The Bertz CT molecular complexity index is 1150. The maximum absolute atomic E-state index is 4.47. The molecule has 1 fully saturated rings. The van der Waals surface area contributed by atoms with Crippen LogP contribution in [0.4, 0.5) is 5.69 Å². The first kappa shape index (κ1) is 24.3. The Balaban J connectivity index is 1.39. The monoisotopic (exact) mass is 458 g/mol. The molecule has 1 aliphatic rings. The molecule has 0 unspecified atom stereocenters. The Hall–Kier alpha value is -2.88. The van der Waals surface area contributed by atoms with Crippen molar-refractivity contribution in [3.63, 3.8) is 0 Å². The van der Waals surface area contributed by atoms with Gasteiger partial charge in [0.05, 0.1) is 30.3 Å². The molecule has 1 saturated heterocycles. The molecule has 1 aromatic carbocycles. The van der Waals surface area contributed by atoms with Crippen molar-refractivity contribution >= 4 is 16.6 Å². The van der Waals surface area contributed by atoms with Gasteiger partial charge in [-0.05, 0) is 69.6 Å². The van der Waals surface area contributed by atoms with Gasteiger partial charge in [-0.3, -0.25) is 0 Å². The van der Waals surface area contributed by atoms with Crippen LogP contribution in [0.2, 0.25) is 0 Å². The third-order valence-corrected chi connectivity index (χ3v) is 6.52. The van der Waals surface area contributed by atoms with Gasteiger partial charge >= 0.3 is 0 Å². The van der Waals surface area contributed by atoms with E-state index in [1.54, 1.807) is 0 Å². The third-order valence-electron chi connectivity index (χ3n) is 6.52. The van der Waals surface area contributed by atoms with Gasteiger partial charge in [-0.1, -0.05) is 32.8 Å². The Labute approximate surface area is 204 Å². The van der Waals surface area contributed by atoms with Gasteiger partial charge < -0.3 is 20.1 Å². The molecule has 6 heteroatoms. The maximum atomic E-state index is 4.47. The van der Waals surface area contributed by atoms with Crippen LogP contribution in [0.25, 0.3) is 10.9 Å². The van der Waals surface area contributed by atoms with Crippen LogP contribution in [0.15, 0.2) is 36.7 Å². The summed E-state index contributed by atoms with van der Waals surface area (Å²) in [4.78, 5) is 11.3. The summed E-state index contributed by atoms with van der Waals surface area (Å²) in [5, 5.41) is 8.31. The van der Waals surface area contributed by atoms with Gasteiger partial charge in [0.25, 0.3) is 0 Å². The molecular weight excluding hydrogens is 420 g/mol. The number of likely N-dealkylation sites (tertiary alicyclic amines) is 1. The van der Waals surface area contributed by atoms with Crippen LogP contribution in [-0.2, 0) is 18.5 Å². The van der Waals surface area contributed by atoms with E-state index >= 15 is 0 Å². The first-order chi connectivity index (χ1) is 16.3. The average Bonchev–Trinajstić information content (AvgIpc) is 3.17. The van der Waals surface area contributed by atoms with E-state index in [9.17, 15) is 0 Å². The summed E-state index contributed by atoms with van der Waals surface area (Å²) in [5.74, 6) is 7.46. The number of anilines is 1. The predicted molar refractivity (Wildman–Crippen MR) is 141 cm³/mol. The molecule has 2 aromatic heterocycles. The maximum Gasteiger partial charge on any atom is 0.133 e. The van der Waals surface area contributed by atoms with E-state index in [4.69, 9.17) is 0 Å². The van der Waals surface area contributed by atoms with Crippen LogP contribution in [0.5, 0.6) is 0 Å². The molecule has 0 atom stereocenters. The van der Waals surface area contributed by atoms with Crippen molar-refractivity contribution in [3.8, 4) is 11.8 Å². The number of rotatable bonds is 6. The van der Waals surface area contributed by atoms with Crippen LogP contribution in [0, 0.1) is 11.8 Å². The number of benzene rings is 1. The van der Waals surface area contributed by atoms with E-state index in [1.165, 1.54) is 42.4 Å². The van der Waals surface area contributed by atoms with E-state index in [0.717, 1.165) is 30.3 Å². The Kier molecular flexibility index (Phi) is 7.55. The van der Waals surface area contributed by atoms with Crippen molar-refractivity contribution in [2.75, 3.05) is 32.0 Å². The quantitative estimate of drug-likeness (QED) is 0.537. The number of hydrogen-bond acceptors (Lipinski definition) is 5. The molecule has 0 amide bonds. The fourth-order valence-corrected chi connectivity index (χ4v) is 4.44. The fourth-order valence-electron chi connectivity index (χ4n) is 4.44. The number of hydrogen-bond donors (Lipinski definition) is 2. The number of fused-ring (bicyclic) bond motifs is 1. The summed E-state index contributed by atoms with van der Waals surface area (Å²) in [7, 11) is 2.21. The second kappa shape index (κ2) is 10.6. The van der Waals surface area contributed by atoms with Gasteiger partial charge in [-0.2, -0.15) is 0 Å². The van der Waals surface area contributed by atoms with Gasteiger partial charge in [0.2, 0.25) is 0 Å². The largest absolute Gasteiger partial charge is 0.372 e. The Morgan fingerprint density at radius 3 is 2.50 bits per heavy atom. The summed E-state index contributed by atoms with van der Waals surface area (Å²) in [6, 6.07) is 9.63. The lowest BCUT2D eigenvalue weighted by Gasteiger charge is -2.29. The predicted octanol–water partition coefficient (Wildman–Crippen LogP) is 4.40. The number of piperidine rings is 1. The summed E-state index contributed by atoms with van der Waals surface area (Å²) in [5.41, 5.74) is 4.47. The summed E-state index contributed by atoms with van der Waals surface area (Å²) in [6.45, 7) is 13.2. The molecule has 0 bridgehead atoms. The molecule has 0 saturated carbocycles. The second-order valence-corrected chi connectivity index (χ2v) is 10.3. The zero-order valence-corrected chi connectivity index (χ0v) is 21.3. The molecule has 1 aliphatic heterocycles. The van der Waals surface area contributed by atoms with Crippen molar-refractivity contribution < 1.29 is 0 Å². The average molecular weight is 459 g/mol. The van der Waals surface area contributed by atoms with Gasteiger partial charge in [0.15, 0.2) is 0 Å². The molecule has 2 N–H and O–H groups in total. The molecule has 6 nitrogen and oxygen atoms in total. The SMILES string of the molecule is CCn1c(C#CCNc2cnc(C(C)(C)C)nc2)cc2cc(CNC3CCN(C)CC3)ccc21. The summed E-state index contributed by atoms with van der Waals surface area (Å²) < 4.78 is 2.29. The highest BCUT2D eigenvalue weighted by Crippen LogP contribution is 2.22. The van der Waals surface area contributed by atoms with Crippen molar-refractivity contribution in [1.29, 1.82) is 0 Å². The summed E-state index contributed by atoms with van der Waals surface area (Å²) in [6.07, 6.45) is 6.12. The van der Waals surface area contributed by atoms with Gasteiger partial charge in [-0.25, -0.2) is 9.97 Å². The van der Waals surface area contributed by atoms with E-state index in [-0.39, 0.29) is 5.41 Å². The van der Waals surface area contributed by atoms with Crippen LogP contribution in [0.1, 0.15) is 57.6 Å². The zero-order valence-electron chi connectivity index (χ0n) is 21.3. The van der Waals surface area contributed by atoms with Crippen molar-refractivity contribution in [1.82, 2.24) is 24.8 Å². The second-order valence-electron chi connectivity index (χ2n) is 10.3. The van der Waals surface area contributed by atoms with Crippen LogP contribution in [0.3, 0.4) is 0 Å². The highest BCUT2D eigenvalue weighted by atomic mass is 15.1. The molecular formula is C28H38N6. The normalized spacial score (nSPS) is 15.3. The Morgan fingerprint density at radius 1 is 1.09 bits per heavy atom. The van der Waals surface area contributed by atoms with Crippen LogP contribution >= 0.6 is 0 Å². The highest BCUT2D eigenvalue weighted by Gasteiger charge is 2.17. The summed E-state index contributed by atoms with van der Waals surface area (Å²) >= 11 is 0. The fraction of sp³-hybridized carbons (Fsp3) is 0.500. The van der Waals surface area contributed by atoms with E-state index in [1.807, 2.05) is 12.4 Å². The van der Waals surface area contributed by atoms with Gasteiger partial charge in [0.1, 0.15) is 5.82 Å².